The molecule has 1 aliphatic rings. The van der Waals surface area contributed by atoms with Crippen molar-refractivity contribution in [2.24, 2.45) is 10.9 Å². The van der Waals surface area contributed by atoms with E-state index in [0.717, 1.165) is 25.0 Å². The highest BCUT2D eigenvalue weighted by Gasteiger charge is 2.13. The van der Waals surface area contributed by atoms with E-state index in [-0.39, 0.29) is 6.10 Å². The molecule has 0 heterocycles. The van der Waals surface area contributed by atoms with Crippen LogP contribution in [-0.4, -0.2) is 36.8 Å². The normalized spacial score (nSPS) is 20.1. The largest absolute Gasteiger partial charge is 0.391 e. The standard InChI is InChI=1S/C13H27N3O/c1-3-14-13(15-9-11(2)17)16-10-12-7-5-4-6-8-12/h11-12,17H,3-10H2,1-2H3,(H2,14,15,16)/t11-/m1/s1. The van der Waals surface area contributed by atoms with Crippen LogP contribution < -0.4 is 10.6 Å². The molecule has 0 bridgehead atoms. The molecule has 1 atom stereocenters. The highest BCUT2D eigenvalue weighted by Crippen LogP contribution is 2.22. The molecule has 0 radical (unpaired) electrons. The molecule has 1 saturated carbocycles. The Kier molecular flexibility index (Phi) is 7.01. The van der Waals surface area contributed by atoms with E-state index in [0.29, 0.717) is 6.54 Å². The second-order valence-corrected chi connectivity index (χ2v) is 4.95. The average Bonchev–Trinajstić information content (AvgIpc) is 2.34. The maximum absolute atomic E-state index is 9.22. The molecule has 0 amide bonds. The number of hydrogen-bond donors (Lipinski definition) is 3. The maximum atomic E-state index is 9.22. The van der Waals surface area contributed by atoms with Crippen LogP contribution >= 0.6 is 0 Å². The minimum absolute atomic E-state index is 0.375. The van der Waals surface area contributed by atoms with Gasteiger partial charge in [-0.25, -0.2) is 0 Å². The van der Waals surface area contributed by atoms with Gasteiger partial charge in [0.05, 0.1) is 12.6 Å². The third kappa shape index (κ3) is 6.51. The summed E-state index contributed by atoms with van der Waals surface area (Å²) in [6.07, 6.45) is 6.43. The maximum Gasteiger partial charge on any atom is 0.191 e. The van der Waals surface area contributed by atoms with E-state index in [1.165, 1.54) is 32.1 Å². The lowest BCUT2D eigenvalue weighted by molar-refractivity contribution is 0.203. The van der Waals surface area contributed by atoms with Gasteiger partial charge in [-0.05, 0) is 32.6 Å². The van der Waals surface area contributed by atoms with Crippen LogP contribution in [0.5, 0.6) is 0 Å². The molecule has 0 aromatic carbocycles. The summed E-state index contributed by atoms with van der Waals surface area (Å²) in [6.45, 7) is 6.14. The van der Waals surface area contributed by atoms with Gasteiger partial charge in [0.15, 0.2) is 5.96 Å². The van der Waals surface area contributed by atoms with Gasteiger partial charge in [0.1, 0.15) is 0 Å². The number of hydrogen-bond acceptors (Lipinski definition) is 2. The molecule has 17 heavy (non-hydrogen) atoms. The fraction of sp³-hybridized carbons (Fsp3) is 0.923. The van der Waals surface area contributed by atoms with E-state index in [4.69, 9.17) is 0 Å². The van der Waals surface area contributed by atoms with Crippen molar-refractivity contribution in [3.63, 3.8) is 0 Å². The van der Waals surface area contributed by atoms with Gasteiger partial charge >= 0.3 is 0 Å². The highest BCUT2D eigenvalue weighted by atomic mass is 16.3. The summed E-state index contributed by atoms with van der Waals surface area (Å²) in [5.74, 6) is 1.62. The van der Waals surface area contributed by atoms with Crippen LogP contribution in [0.1, 0.15) is 46.0 Å². The lowest BCUT2D eigenvalue weighted by atomic mass is 9.89. The SMILES string of the molecule is CCNC(=NC[C@@H](C)O)NCC1CCCCC1. The monoisotopic (exact) mass is 241 g/mol. The molecule has 3 N–H and O–H groups in total. The van der Waals surface area contributed by atoms with Crippen molar-refractivity contribution in [1.29, 1.82) is 0 Å². The molecule has 100 valence electrons. The van der Waals surface area contributed by atoms with Crippen molar-refractivity contribution in [3.05, 3.63) is 0 Å². The fourth-order valence-electron chi connectivity index (χ4n) is 2.20. The minimum Gasteiger partial charge on any atom is -0.391 e. The van der Waals surface area contributed by atoms with E-state index >= 15 is 0 Å². The Hall–Kier alpha value is -0.770. The molecule has 1 aliphatic carbocycles. The van der Waals surface area contributed by atoms with Crippen LogP contribution in [0.2, 0.25) is 0 Å². The van der Waals surface area contributed by atoms with E-state index < -0.39 is 0 Å². The summed E-state index contributed by atoms with van der Waals surface area (Å²) in [5.41, 5.74) is 0. The number of nitrogens with one attached hydrogen (secondary N) is 2. The quantitative estimate of drug-likeness (QED) is 0.505. The van der Waals surface area contributed by atoms with E-state index in [1.54, 1.807) is 6.92 Å². The second kappa shape index (κ2) is 8.34. The Morgan fingerprint density at radius 1 is 1.29 bits per heavy atom. The topological polar surface area (TPSA) is 56.7 Å². The number of rotatable bonds is 5. The molecule has 0 saturated heterocycles. The number of guanidine groups is 1. The van der Waals surface area contributed by atoms with Crippen LogP contribution in [0.3, 0.4) is 0 Å². The molecule has 4 heteroatoms. The van der Waals surface area contributed by atoms with E-state index in [2.05, 4.69) is 22.5 Å². The zero-order valence-corrected chi connectivity index (χ0v) is 11.2. The van der Waals surface area contributed by atoms with Crippen molar-refractivity contribution in [1.82, 2.24) is 10.6 Å². The Bertz CT molecular complexity index is 223. The number of aliphatic hydroxyl groups excluding tert-OH is 1. The Labute approximate surface area is 105 Å². The predicted molar refractivity (Wildman–Crippen MR) is 72.2 cm³/mol. The highest BCUT2D eigenvalue weighted by molar-refractivity contribution is 5.79. The molecule has 0 aliphatic heterocycles. The molecule has 4 nitrogen and oxygen atoms in total. The zero-order chi connectivity index (χ0) is 12.5. The summed E-state index contributed by atoms with van der Waals surface area (Å²) in [4.78, 5) is 4.34. The van der Waals surface area contributed by atoms with Gasteiger partial charge in [-0.15, -0.1) is 0 Å². The van der Waals surface area contributed by atoms with Gasteiger partial charge in [0.2, 0.25) is 0 Å². The number of nitrogens with zero attached hydrogens (tertiary/aromatic N) is 1. The Morgan fingerprint density at radius 3 is 2.59 bits per heavy atom. The average molecular weight is 241 g/mol. The van der Waals surface area contributed by atoms with Gasteiger partial charge in [-0.2, -0.15) is 0 Å². The molecular weight excluding hydrogens is 214 g/mol. The van der Waals surface area contributed by atoms with Gasteiger partial charge in [-0.1, -0.05) is 19.3 Å². The summed E-state index contributed by atoms with van der Waals surface area (Å²) in [6, 6.07) is 0. The third-order valence-electron chi connectivity index (χ3n) is 3.14. The van der Waals surface area contributed by atoms with Crippen molar-refractivity contribution in [2.45, 2.75) is 52.1 Å². The van der Waals surface area contributed by atoms with Gasteiger partial charge in [0, 0.05) is 13.1 Å². The van der Waals surface area contributed by atoms with Gasteiger partial charge < -0.3 is 15.7 Å². The summed E-state index contributed by atoms with van der Waals surface area (Å²) in [7, 11) is 0. The van der Waals surface area contributed by atoms with Crippen LogP contribution in [0.15, 0.2) is 4.99 Å². The van der Waals surface area contributed by atoms with Crippen molar-refractivity contribution >= 4 is 5.96 Å². The van der Waals surface area contributed by atoms with E-state index in [1.807, 2.05) is 0 Å². The summed E-state index contributed by atoms with van der Waals surface area (Å²) in [5, 5.41) is 15.8. The van der Waals surface area contributed by atoms with Crippen LogP contribution in [0.4, 0.5) is 0 Å². The molecule has 0 spiro atoms. The Morgan fingerprint density at radius 2 is 2.00 bits per heavy atom. The first-order valence-electron chi connectivity index (χ1n) is 6.92. The molecule has 1 fully saturated rings. The van der Waals surface area contributed by atoms with Crippen LogP contribution in [0, 0.1) is 5.92 Å². The van der Waals surface area contributed by atoms with E-state index in [9.17, 15) is 5.11 Å². The summed E-state index contributed by atoms with van der Waals surface area (Å²) >= 11 is 0. The molecule has 0 aromatic rings. The van der Waals surface area contributed by atoms with Crippen LogP contribution in [0.25, 0.3) is 0 Å². The van der Waals surface area contributed by atoms with Gasteiger partial charge in [-0.3, -0.25) is 4.99 Å². The zero-order valence-electron chi connectivity index (χ0n) is 11.2. The molecule has 1 rings (SSSR count). The second-order valence-electron chi connectivity index (χ2n) is 4.95. The fourth-order valence-corrected chi connectivity index (χ4v) is 2.20. The van der Waals surface area contributed by atoms with Gasteiger partial charge in [0.25, 0.3) is 0 Å². The molecular formula is C13H27N3O. The van der Waals surface area contributed by atoms with Crippen LogP contribution in [-0.2, 0) is 0 Å². The lowest BCUT2D eigenvalue weighted by Crippen LogP contribution is -2.40. The minimum atomic E-state index is -0.375. The first kappa shape index (κ1) is 14.3. The van der Waals surface area contributed by atoms with Crippen molar-refractivity contribution < 1.29 is 5.11 Å². The first-order chi connectivity index (χ1) is 8.22. The molecule has 0 unspecified atom stereocenters. The van der Waals surface area contributed by atoms with Crippen molar-refractivity contribution in [2.75, 3.05) is 19.6 Å². The number of aliphatic hydroxyl groups is 1. The third-order valence-corrected chi connectivity index (χ3v) is 3.14. The molecule has 0 aromatic heterocycles. The number of aliphatic imine (C=N–C) groups is 1. The summed E-state index contributed by atoms with van der Waals surface area (Å²) < 4.78 is 0. The smallest absolute Gasteiger partial charge is 0.191 e. The Balaban J connectivity index is 2.29. The predicted octanol–water partition coefficient (Wildman–Crippen LogP) is 1.50. The first-order valence-corrected chi connectivity index (χ1v) is 6.92. The lowest BCUT2D eigenvalue weighted by Gasteiger charge is -2.23. The van der Waals surface area contributed by atoms with Crippen molar-refractivity contribution in [3.8, 4) is 0 Å².